The molecular formula is C21H26N4O5S. The first-order valence-corrected chi connectivity index (χ1v) is 11.8. The van der Waals surface area contributed by atoms with E-state index in [1.807, 2.05) is 18.2 Å². The Labute approximate surface area is 181 Å². The zero-order valence-corrected chi connectivity index (χ0v) is 18.0. The molecule has 0 bridgehead atoms. The minimum absolute atomic E-state index is 0.0812. The minimum Gasteiger partial charge on any atom is -0.380 e. The Morgan fingerprint density at radius 1 is 1.03 bits per heavy atom. The molecule has 0 unspecified atom stereocenters. The number of sulfonamides is 1. The number of non-ortho nitro benzene ring substituents is 1. The number of hydrogen-bond acceptors (Lipinski definition) is 7. The summed E-state index contributed by atoms with van der Waals surface area (Å²) in [6, 6.07) is 12.0. The third-order valence-corrected chi connectivity index (χ3v) is 7.61. The van der Waals surface area contributed by atoms with Crippen LogP contribution >= 0.6 is 0 Å². The van der Waals surface area contributed by atoms with Crippen LogP contribution in [0.5, 0.6) is 0 Å². The molecule has 0 saturated carbocycles. The molecule has 0 atom stereocenters. The first-order chi connectivity index (χ1) is 15.0. The number of rotatable bonds is 7. The maximum absolute atomic E-state index is 13.3. The highest BCUT2D eigenvalue weighted by molar-refractivity contribution is 7.89. The lowest BCUT2D eigenvalue weighted by atomic mass is 10.1. The van der Waals surface area contributed by atoms with Crippen molar-refractivity contribution in [2.75, 3.05) is 49.6 Å². The summed E-state index contributed by atoms with van der Waals surface area (Å²) in [5, 5.41) is 14.5. The molecule has 2 aromatic rings. The molecular weight excluding hydrogens is 420 g/mol. The van der Waals surface area contributed by atoms with Crippen LogP contribution in [0.1, 0.15) is 18.4 Å². The fourth-order valence-electron chi connectivity index (χ4n) is 4.03. The minimum atomic E-state index is -3.90. The van der Waals surface area contributed by atoms with Gasteiger partial charge in [-0.3, -0.25) is 10.1 Å². The molecule has 2 saturated heterocycles. The van der Waals surface area contributed by atoms with Crippen LogP contribution in [0.4, 0.5) is 17.1 Å². The number of benzene rings is 2. The van der Waals surface area contributed by atoms with Crippen molar-refractivity contribution in [1.82, 2.24) is 4.31 Å². The van der Waals surface area contributed by atoms with Crippen molar-refractivity contribution in [3.63, 3.8) is 0 Å². The van der Waals surface area contributed by atoms with Crippen molar-refractivity contribution in [1.29, 1.82) is 0 Å². The van der Waals surface area contributed by atoms with Crippen molar-refractivity contribution in [2.45, 2.75) is 24.3 Å². The Morgan fingerprint density at radius 2 is 1.74 bits per heavy atom. The van der Waals surface area contributed by atoms with E-state index in [1.54, 1.807) is 0 Å². The van der Waals surface area contributed by atoms with Crippen LogP contribution in [0, 0.1) is 10.1 Å². The van der Waals surface area contributed by atoms with Gasteiger partial charge >= 0.3 is 0 Å². The van der Waals surface area contributed by atoms with Crippen LogP contribution in [-0.2, 0) is 21.3 Å². The topological polar surface area (TPSA) is 105 Å². The summed E-state index contributed by atoms with van der Waals surface area (Å²) in [6.07, 6.45) is 2.32. The molecule has 0 amide bonds. The van der Waals surface area contributed by atoms with Crippen molar-refractivity contribution >= 4 is 27.1 Å². The van der Waals surface area contributed by atoms with E-state index in [9.17, 15) is 18.5 Å². The Balaban J connectivity index is 1.64. The summed E-state index contributed by atoms with van der Waals surface area (Å²) in [4.78, 5) is 13.0. The van der Waals surface area contributed by atoms with Gasteiger partial charge in [0.25, 0.3) is 5.69 Å². The number of nitro groups is 1. The highest BCUT2D eigenvalue weighted by Crippen LogP contribution is 2.31. The normalized spacial score (nSPS) is 17.6. The number of nitro benzene ring substituents is 1. The van der Waals surface area contributed by atoms with Gasteiger partial charge in [0.1, 0.15) is 4.90 Å². The monoisotopic (exact) mass is 446 g/mol. The lowest BCUT2D eigenvalue weighted by molar-refractivity contribution is -0.385. The average Bonchev–Trinajstić information content (AvgIpc) is 3.33. The molecule has 2 aliphatic heterocycles. The summed E-state index contributed by atoms with van der Waals surface area (Å²) >= 11 is 0. The van der Waals surface area contributed by atoms with E-state index in [0.717, 1.165) is 43.2 Å². The summed E-state index contributed by atoms with van der Waals surface area (Å²) in [6.45, 7) is 3.48. The van der Waals surface area contributed by atoms with Crippen LogP contribution < -0.4 is 10.2 Å². The van der Waals surface area contributed by atoms with E-state index in [0.29, 0.717) is 25.4 Å². The second kappa shape index (κ2) is 9.21. The summed E-state index contributed by atoms with van der Waals surface area (Å²) in [5.41, 5.74) is 2.28. The van der Waals surface area contributed by atoms with Crippen molar-refractivity contribution in [2.24, 2.45) is 0 Å². The number of nitrogens with zero attached hydrogens (tertiary/aromatic N) is 3. The van der Waals surface area contributed by atoms with Crippen LogP contribution in [0.25, 0.3) is 0 Å². The lowest BCUT2D eigenvalue weighted by Crippen LogP contribution is -2.40. The predicted molar refractivity (Wildman–Crippen MR) is 118 cm³/mol. The molecule has 2 fully saturated rings. The van der Waals surface area contributed by atoms with Crippen molar-refractivity contribution in [3.05, 3.63) is 58.1 Å². The Kier molecular flexibility index (Phi) is 6.40. The molecule has 4 rings (SSSR count). The second-order valence-corrected chi connectivity index (χ2v) is 9.54. The van der Waals surface area contributed by atoms with Gasteiger partial charge in [-0.25, -0.2) is 8.42 Å². The van der Waals surface area contributed by atoms with Crippen LogP contribution in [0.2, 0.25) is 0 Å². The third-order valence-electron chi connectivity index (χ3n) is 5.67. The van der Waals surface area contributed by atoms with Crippen LogP contribution in [0.3, 0.4) is 0 Å². The number of hydrogen-bond donors (Lipinski definition) is 1. The summed E-state index contributed by atoms with van der Waals surface area (Å²) in [7, 11) is -3.90. The standard InChI is InChI=1S/C21H26N4O5S/c26-25(27)18-7-8-19(21(15-18)31(28,29)24-11-13-30-14-12-24)22-16-17-5-1-2-6-20(17)23-9-3-4-10-23/h1-2,5-8,15,22H,3-4,9-14,16H2. The van der Waals surface area contributed by atoms with E-state index in [-0.39, 0.29) is 23.7 Å². The molecule has 0 radical (unpaired) electrons. The Bertz CT molecular complexity index is 1050. The van der Waals surface area contributed by atoms with E-state index in [2.05, 4.69) is 16.3 Å². The van der Waals surface area contributed by atoms with E-state index in [1.165, 1.54) is 16.4 Å². The highest BCUT2D eigenvalue weighted by Gasteiger charge is 2.30. The van der Waals surface area contributed by atoms with Gasteiger partial charge in [0.2, 0.25) is 10.0 Å². The second-order valence-electron chi connectivity index (χ2n) is 7.63. The number of morpholine rings is 1. The average molecular weight is 447 g/mol. The van der Waals surface area contributed by atoms with Gasteiger partial charge in [-0.05, 0) is 30.5 Å². The molecule has 0 aromatic heterocycles. The maximum Gasteiger partial charge on any atom is 0.270 e. The van der Waals surface area contributed by atoms with Gasteiger partial charge in [0.15, 0.2) is 0 Å². The zero-order chi connectivity index (χ0) is 21.8. The van der Waals surface area contributed by atoms with Gasteiger partial charge in [0.05, 0.1) is 23.8 Å². The first kappa shape index (κ1) is 21.5. The van der Waals surface area contributed by atoms with Crippen molar-refractivity contribution in [3.8, 4) is 0 Å². The maximum atomic E-state index is 13.3. The molecule has 31 heavy (non-hydrogen) atoms. The number of ether oxygens (including phenoxy) is 1. The van der Waals surface area contributed by atoms with E-state index >= 15 is 0 Å². The van der Waals surface area contributed by atoms with Gasteiger partial charge in [-0.15, -0.1) is 0 Å². The smallest absolute Gasteiger partial charge is 0.270 e. The van der Waals surface area contributed by atoms with E-state index in [4.69, 9.17) is 4.74 Å². The van der Waals surface area contributed by atoms with Gasteiger partial charge in [-0.1, -0.05) is 18.2 Å². The molecule has 0 spiro atoms. The molecule has 166 valence electrons. The quantitative estimate of drug-likeness (QED) is 0.515. The summed E-state index contributed by atoms with van der Waals surface area (Å²) in [5.74, 6) is 0. The van der Waals surface area contributed by atoms with Gasteiger partial charge < -0.3 is 15.0 Å². The zero-order valence-electron chi connectivity index (χ0n) is 17.2. The predicted octanol–water partition coefficient (Wildman–Crippen LogP) is 2.83. The first-order valence-electron chi connectivity index (χ1n) is 10.4. The molecule has 10 heteroatoms. The van der Waals surface area contributed by atoms with E-state index < -0.39 is 14.9 Å². The van der Waals surface area contributed by atoms with Gasteiger partial charge in [0, 0.05) is 50.5 Å². The molecule has 1 N–H and O–H groups in total. The number of nitrogens with one attached hydrogen (secondary N) is 1. The molecule has 2 aliphatic rings. The van der Waals surface area contributed by atoms with Crippen LogP contribution in [0.15, 0.2) is 47.4 Å². The Morgan fingerprint density at radius 3 is 2.45 bits per heavy atom. The Hall–Kier alpha value is -2.69. The fourth-order valence-corrected chi connectivity index (χ4v) is 5.62. The molecule has 2 heterocycles. The lowest BCUT2D eigenvalue weighted by Gasteiger charge is -2.27. The number of anilines is 2. The number of para-hydroxylation sites is 1. The fraction of sp³-hybridized carbons (Fsp3) is 0.429. The molecule has 9 nitrogen and oxygen atoms in total. The molecule has 2 aromatic carbocycles. The third kappa shape index (κ3) is 4.65. The summed E-state index contributed by atoms with van der Waals surface area (Å²) < 4.78 is 33.1. The SMILES string of the molecule is O=[N+]([O-])c1ccc(NCc2ccccc2N2CCCC2)c(S(=O)(=O)N2CCOCC2)c1. The van der Waals surface area contributed by atoms with Gasteiger partial charge in [-0.2, -0.15) is 4.31 Å². The largest absolute Gasteiger partial charge is 0.380 e. The van der Waals surface area contributed by atoms with Crippen molar-refractivity contribution < 1.29 is 18.1 Å². The highest BCUT2D eigenvalue weighted by atomic mass is 32.2. The molecule has 0 aliphatic carbocycles. The van der Waals surface area contributed by atoms with Crippen LogP contribution in [-0.4, -0.2) is 57.0 Å².